The molecule has 1 unspecified atom stereocenters. The second kappa shape index (κ2) is 7.31. The highest BCUT2D eigenvalue weighted by Crippen LogP contribution is 2.49. The largest absolute Gasteiger partial charge is 0.298 e. The van der Waals surface area contributed by atoms with Crippen molar-refractivity contribution in [1.82, 2.24) is 30.0 Å². The van der Waals surface area contributed by atoms with Gasteiger partial charge in [0.1, 0.15) is 11.6 Å². The molecular formula is C22H25FN6. The quantitative estimate of drug-likeness (QED) is 0.724. The molecule has 29 heavy (non-hydrogen) atoms. The van der Waals surface area contributed by atoms with Gasteiger partial charge in [-0.1, -0.05) is 30.3 Å². The van der Waals surface area contributed by atoms with Crippen LogP contribution < -0.4 is 0 Å². The van der Waals surface area contributed by atoms with E-state index < -0.39 is 0 Å². The number of hydrogen-bond acceptors (Lipinski definition) is 5. The van der Waals surface area contributed by atoms with Crippen molar-refractivity contribution >= 4 is 0 Å². The minimum atomic E-state index is -0.230. The standard InChI is InChI=1S/C22H25FN6/c1-16-25-21(27-26-16)19-12-28(10-17-5-3-2-4-6-17)13-22(19)14-29(15-22)11-18-7-8-24-9-20(18)23/h2-9,19H,10-15H2,1H3,(H,25,26,27). The molecule has 7 heteroatoms. The summed E-state index contributed by atoms with van der Waals surface area (Å²) in [6.45, 7) is 7.31. The SMILES string of the molecule is Cc1nc(C2CN(Cc3ccccc3)CC23CN(Cc2ccncc2F)C3)n[nH]1. The molecule has 1 spiro atoms. The number of aromatic amines is 1. The first-order valence-electron chi connectivity index (χ1n) is 10.1. The first-order chi connectivity index (χ1) is 14.1. The van der Waals surface area contributed by atoms with Crippen LogP contribution in [0.5, 0.6) is 0 Å². The van der Waals surface area contributed by atoms with Gasteiger partial charge in [0, 0.05) is 62.4 Å². The Bertz CT molecular complexity index is 982. The minimum absolute atomic E-state index is 0.118. The number of rotatable bonds is 5. The highest BCUT2D eigenvalue weighted by atomic mass is 19.1. The number of likely N-dealkylation sites (tertiary alicyclic amines) is 2. The Morgan fingerprint density at radius 2 is 1.90 bits per heavy atom. The molecule has 1 atom stereocenters. The molecule has 2 aromatic heterocycles. The van der Waals surface area contributed by atoms with Gasteiger partial charge < -0.3 is 0 Å². The second-order valence-corrected chi connectivity index (χ2v) is 8.46. The summed E-state index contributed by atoms with van der Waals surface area (Å²) in [6.07, 6.45) is 2.95. The molecule has 1 aromatic carbocycles. The number of halogens is 1. The smallest absolute Gasteiger partial charge is 0.155 e. The minimum Gasteiger partial charge on any atom is -0.298 e. The van der Waals surface area contributed by atoms with Crippen LogP contribution in [-0.4, -0.2) is 56.1 Å². The van der Waals surface area contributed by atoms with E-state index in [4.69, 9.17) is 0 Å². The molecule has 3 aromatic rings. The summed E-state index contributed by atoms with van der Waals surface area (Å²) in [6, 6.07) is 12.4. The summed E-state index contributed by atoms with van der Waals surface area (Å²) in [5.74, 6) is 1.82. The van der Waals surface area contributed by atoms with E-state index in [0.717, 1.165) is 44.4 Å². The summed E-state index contributed by atoms with van der Waals surface area (Å²) in [5, 5.41) is 7.49. The van der Waals surface area contributed by atoms with E-state index in [-0.39, 0.29) is 17.2 Å². The fourth-order valence-electron chi connectivity index (χ4n) is 4.96. The molecule has 150 valence electrons. The normalized spacial score (nSPS) is 21.5. The zero-order valence-electron chi connectivity index (χ0n) is 16.6. The van der Waals surface area contributed by atoms with Crippen molar-refractivity contribution in [3.05, 3.63) is 77.4 Å². The summed E-state index contributed by atoms with van der Waals surface area (Å²) in [4.78, 5) is 13.3. The Labute approximate surface area is 169 Å². The molecule has 0 aliphatic carbocycles. The van der Waals surface area contributed by atoms with Crippen LogP contribution in [0.3, 0.4) is 0 Å². The van der Waals surface area contributed by atoms with Crippen LogP contribution in [0.1, 0.15) is 28.7 Å². The Balaban J connectivity index is 1.33. The maximum atomic E-state index is 14.0. The molecule has 0 bridgehead atoms. The number of hydrogen-bond donors (Lipinski definition) is 1. The number of aromatic nitrogens is 4. The Morgan fingerprint density at radius 3 is 2.62 bits per heavy atom. The van der Waals surface area contributed by atoms with Gasteiger partial charge in [0.2, 0.25) is 0 Å². The fraction of sp³-hybridized carbons (Fsp3) is 0.409. The highest BCUT2D eigenvalue weighted by Gasteiger charge is 2.55. The third-order valence-electron chi connectivity index (χ3n) is 6.22. The van der Waals surface area contributed by atoms with Crippen molar-refractivity contribution in [2.45, 2.75) is 25.9 Å². The van der Waals surface area contributed by atoms with Gasteiger partial charge in [0.05, 0.1) is 6.20 Å². The van der Waals surface area contributed by atoms with Gasteiger partial charge in [-0.3, -0.25) is 19.9 Å². The molecule has 4 heterocycles. The highest BCUT2D eigenvalue weighted by molar-refractivity contribution is 5.21. The molecule has 0 radical (unpaired) electrons. The summed E-state index contributed by atoms with van der Waals surface area (Å²) in [7, 11) is 0. The molecular weight excluding hydrogens is 367 g/mol. The zero-order valence-corrected chi connectivity index (χ0v) is 16.6. The van der Waals surface area contributed by atoms with Crippen molar-refractivity contribution in [2.75, 3.05) is 26.2 Å². The second-order valence-electron chi connectivity index (χ2n) is 8.46. The molecule has 5 rings (SSSR count). The zero-order chi connectivity index (χ0) is 19.8. The molecule has 0 amide bonds. The Hall–Kier alpha value is -2.64. The first-order valence-corrected chi connectivity index (χ1v) is 10.1. The van der Waals surface area contributed by atoms with Crippen LogP contribution >= 0.6 is 0 Å². The number of nitrogens with zero attached hydrogens (tertiary/aromatic N) is 5. The predicted molar refractivity (Wildman–Crippen MR) is 107 cm³/mol. The van der Waals surface area contributed by atoms with Gasteiger partial charge in [-0.2, -0.15) is 5.10 Å². The topological polar surface area (TPSA) is 60.9 Å². The van der Waals surface area contributed by atoms with Gasteiger partial charge in [0.25, 0.3) is 0 Å². The fourth-order valence-corrected chi connectivity index (χ4v) is 4.96. The van der Waals surface area contributed by atoms with E-state index in [1.807, 2.05) is 6.92 Å². The van der Waals surface area contributed by atoms with E-state index in [1.165, 1.54) is 11.8 Å². The van der Waals surface area contributed by atoms with Crippen LogP contribution in [0.25, 0.3) is 0 Å². The summed E-state index contributed by atoms with van der Waals surface area (Å²) < 4.78 is 14.0. The molecule has 0 saturated carbocycles. The van der Waals surface area contributed by atoms with Crippen LogP contribution in [0.2, 0.25) is 0 Å². The van der Waals surface area contributed by atoms with E-state index in [1.54, 1.807) is 12.3 Å². The van der Waals surface area contributed by atoms with Crippen LogP contribution in [0.4, 0.5) is 4.39 Å². The maximum absolute atomic E-state index is 14.0. The number of pyridine rings is 1. The number of aryl methyl sites for hydroxylation is 1. The van der Waals surface area contributed by atoms with Crippen LogP contribution in [0.15, 0.2) is 48.8 Å². The van der Waals surface area contributed by atoms with E-state index >= 15 is 0 Å². The van der Waals surface area contributed by atoms with E-state index in [0.29, 0.717) is 12.1 Å². The van der Waals surface area contributed by atoms with Gasteiger partial charge in [-0.25, -0.2) is 9.37 Å². The number of nitrogens with one attached hydrogen (secondary N) is 1. The lowest BCUT2D eigenvalue weighted by Crippen LogP contribution is -2.59. The van der Waals surface area contributed by atoms with Crippen LogP contribution in [0, 0.1) is 18.2 Å². The maximum Gasteiger partial charge on any atom is 0.155 e. The van der Waals surface area contributed by atoms with Gasteiger partial charge in [0.15, 0.2) is 5.82 Å². The monoisotopic (exact) mass is 392 g/mol. The molecule has 2 fully saturated rings. The molecule has 2 aliphatic heterocycles. The van der Waals surface area contributed by atoms with Gasteiger partial charge in [-0.05, 0) is 18.6 Å². The van der Waals surface area contributed by atoms with Crippen LogP contribution in [-0.2, 0) is 13.1 Å². The average Bonchev–Trinajstić information content (AvgIpc) is 3.28. The number of benzene rings is 1. The van der Waals surface area contributed by atoms with Gasteiger partial charge >= 0.3 is 0 Å². The Kier molecular flexibility index (Phi) is 4.64. The van der Waals surface area contributed by atoms with E-state index in [9.17, 15) is 4.39 Å². The van der Waals surface area contributed by atoms with Gasteiger partial charge in [-0.15, -0.1) is 0 Å². The lowest BCUT2D eigenvalue weighted by atomic mass is 9.71. The van der Waals surface area contributed by atoms with Crippen molar-refractivity contribution in [1.29, 1.82) is 0 Å². The molecule has 6 nitrogen and oxygen atoms in total. The van der Waals surface area contributed by atoms with Crippen molar-refractivity contribution in [3.8, 4) is 0 Å². The van der Waals surface area contributed by atoms with Crippen molar-refractivity contribution < 1.29 is 4.39 Å². The first kappa shape index (κ1) is 18.4. The Morgan fingerprint density at radius 1 is 1.10 bits per heavy atom. The third kappa shape index (κ3) is 3.56. The summed E-state index contributed by atoms with van der Waals surface area (Å²) >= 11 is 0. The van der Waals surface area contributed by atoms with Crippen molar-refractivity contribution in [3.63, 3.8) is 0 Å². The third-order valence-corrected chi connectivity index (χ3v) is 6.22. The lowest BCUT2D eigenvalue weighted by molar-refractivity contribution is -0.0117. The molecule has 2 aliphatic rings. The lowest BCUT2D eigenvalue weighted by Gasteiger charge is -2.50. The molecule has 2 saturated heterocycles. The van der Waals surface area contributed by atoms with Crippen molar-refractivity contribution in [2.24, 2.45) is 5.41 Å². The summed E-state index contributed by atoms with van der Waals surface area (Å²) in [5.41, 5.74) is 2.15. The average molecular weight is 392 g/mol. The number of H-pyrrole nitrogens is 1. The predicted octanol–water partition coefficient (Wildman–Crippen LogP) is 2.75. The van der Waals surface area contributed by atoms with E-state index in [2.05, 4.69) is 60.3 Å². The molecule has 1 N–H and O–H groups in total.